The van der Waals surface area contributed by atoms with Crippen LogP contribution in [0.3, 0.4) is 0 Å². The number of ether oxygens (including phenoxy) is 1. The Labute approximate surface area is 112 Å². The number of hydrogen-bond donors (Lipinski definition) is 1. The highest BCUT2D eigenvalue weighted by Crippen LogP contribution is 2.20. The molecule has 1 aromatic rings. The predicted octanol–water partition coefficient (Wildman–Crippen LogP) is 2.89. The zero-order chi connectivity index (χ0) is 13.5. The summed E-state index contributed by atoms with van der Waals surface area (Å²) < 4.78 is 19.0. The fraction of sp³-hybridized carbons (Fsp3) is 0.462. The van der Waals surface area contributed by atoms with Gasteiger partial charge in [-0.3, -0.25) is 0 Å². The van der Waals surface area contributed by atoms with Gasteiger partial charge in [0.15, 0.2) is 11.6 Å². The van der Waals surface area contributed by atoms with Crippen molar-refractivity contribution in [3.8, 4) is 11.8 Å². The third kappa shape index (κ3) is 3.86. The summed E-state index contributed by atoms with van der Waals surface area (Å²) >= 11 is 6.06. The molecule has 0 aliphatic carbocycles. The molecule has 0 aliphatic heterocycles. The van der Waals surface area contributed by atoms with E-state index in [9.17, 15) is 4.39 Å². The Hall–Kier alpha value is -1.31. The summed E-state index contributed by atoms with van der Waals surface area (Å²) in [6.45, 7) is 2.32. The zero-order valence-corrected chi connectivity index (χ0v) is 11.2. The second kappa shape index (κ2) is 7.20. The van der Waals surface area contributed by atoms with Gasteiger partial charge in [0.2, 0.25) is 0 Å². The number of nitrogens with one attached hydrogen (secondary N) is 1. The molecule has 98 valence electrons. The van der Waals surface area contributed by atoms with Crippen molar-refractivity contribution in [3.63, 3.8) is 0 Å². The van der Waals surface area contributed by atoms with Crippen molar-refractivity contribution in [2.45, 2.75) is 18.8 Å². The molecule has 18 heavy (non-hydrogen) atoms. The van der Waals surface area contributed by atoms with Gasteiger partial charge in [0.05, 0.1) is 23.7 Å². The highest BCUT2D eigenvalue weighted by molar-refractivity contribution is 6.20. The Kier molecular flexibility index (Phi) is 5.90. The molecule has 2 unspecified atom stereocenters. The number of benzene rings is 1. The summed E-state index contributed by atoms with van der Waals surface area (Å²) in [4.78, 5) is 0. The number of nitriles is 1. The Balaban J connectivity index is 2.65. The van der Waals surface area contributed by atoms with Gasteiger partial charge in [-0.1, -0.05) is 6.92 Å². The van der Waals surface area contributed by atoms with Crippen LogP contribution in [0, 0.1) is 23.1 Å². The first-order valence-corrected chi connectivity index (χ1v) is 6.19. The lowest BCUT2D eigenvalue weighted by molar-refractivity contribution is 0.224. The molecule has 0 aliphatic rings. The first-order chi connectivity index (χ1) is 8.62. The Morgan fingerprint density at radius 3 is 2.78 bits per heavy atom. The summed E-state index contributed by atoms with van der Waals surface area (Å²) in [5.41, 5.74) is 0.0637. The maximum Gasteiger partial charge on any atom is 0.166 e. The quantitative estimate of drug-likeness (QED) is 0.639. The van der Waals surface area contributed by atoms with Gasteiger partial charge in [-0.15, -0.1) is 11.6 Å². The molecule has 0 radical (unpaired) electrons. The van der Waals surface area contributed by atoms with Crippen LogP contribution in [-0.4, -0.2) is 19.2 Å². The van der Waals surface area contributed by atoms with Crippen molar-refractivity contribution in [3.05, 3.63) is 29.6 Å². The number of halogens is 2. The van der Waals surface area contributed by atoms with Gasteiger partial charge in [-0.05, 0) is 31.7 Å². The van der Waals surface area contributed by atoms with Crippen LogP contribution in [0.15, 0.2) is 18.2 Å². The standard InChI is InChI=1S/C13H16ClFN2O/c1-3-10(13(14)17-2)8-18-12-5-4-9(7-16)6-11(12)15/h4-6,10,13,17H,3,8H2,1-2H3. The third-order valence-corrected chi connectivity index (χ3v) is 3.30. The van der Waals surface area contributed by atoms with Crippen LogP contribution in [0.25, 0.3) is 0 Å². The van der Waals surface area contributed by atoms with Crippen molar-refractivity contribution < 1.29 is 9.13 Å². The number of hydrogen-bond acceptors (Lipinski definition) is 3. The minimum absolute atomic E-state index is 0.0895. The number of rotatable bonds is 6. The van der Waals surface area contributed by atoms with Crippen LogP contribution in [0.1, 0.15) is 18.9 Å². The van der Waals surface area contributed by atoms with E-state index in [0.717, 1.165) is 12.5 Å². The predicted molar refractivity (Wildman–Crippen MR) is 69.1 cm³/mol. The van der Waals surface area contributed by atoms with E-state index >= 15 is 0 Å². The molecule has 0 amide bonds. The summed E-state index contributed by atoms with van der Waals surface area (Å²) in [6, 6.07) is 6.02. The summed E-state index contributed by atoms with van der Waals surface area (Å²) in [6.07, 6.45) is 0.826. The average molecular weight is 271 g/mol. The minimum Gasteiger partial charge on any atom is -0.490 e. The van der Waals surface area contributed by atoms with Gasteiger partial charge in [0, 0.05) is 5.92 Å². The van der Waals surface area contributed by atoms with Crippen LogP contribution in [-0.2, 0) is 0 Å². The van der Waals surface area contributed by atoms with Crippen LogP contribution in [0.5, 0.6) is 5.75 Å². The van der Waals surface area contributed by atoms with E-state index in [-0.39, 0.29) is 22.7 Å². The van der Waals surface area contributed by atoms with Crippen molar-refractivity contribution in [2.24, 2.45) is 5.92 Å². The molecule has 1 N–H and O–H groups in total. The Morgan fingerprint density at radius 2 is 2.28 bits per heavy atom. The van der Waals surface area contributed by atoms with Crippen LogP contribution >= 0.6 is 11.6 Å². The van der Waals surface area contributed by atoms with E-state index in [2.05, 4.69) is 5.32 Å². The highest BCUT2D eigenvalue weighted by Gasteiger charge is 2.17. The molecule has 1 rings (SSSR count). The molecular formula is C13H16ClFN2O. The third-order valence-electron chi connectivity index (χ3n) is 2.73. The molecule has 1 aromatic carbocycles. The largest absolute Gasteiger partial charge is 0.490 e. The van der Waals surface area contributed by atoms with Gasteiger partial charge >= 0.3 is 0 Å². The fourth-order valence-corrected chi connectivity index (χ4v) is 1.78. The molecule has 0 saturated heterocycles. The Morgan fingerprint density at radius 1 is 1.56 bits per heavy atom. The summed E-state index contributed by atoms with van der Waals surface area (Å²) in [7, 11) is 1.77. The van der Waals surface area contributed by atoms with E-state index in [1.165, 1.54) is 12.1 Å². The summed E-state index contributed by atoms with van der Waals surface area (Å²) in [5.74, 6) is -0.293. The number of nitrogens with zero attached hydrogens (tertiary/aromatic N) is 1. The van der Waals surface area contributed by atoms with Crippen molar-refractivity contribution in [1.29, 1.82) is 5.26 Å². The van der Waals surface area contributed by atoms with Crippen molar-refractivity contribution >= 4 is 11.6 Å². The molecule has 0 bridgehead atoms. The lowest BCUT2D eigenvalue weighted by atomic mass is 10.1. The lowest BCUT2D eigenvalue weighted by Crippen LogP contribution is -2.31. The monoisotopic (exact) mass is 270 g/mol. The molecule has 0 spiro atoms. The minimum atomic E-state index is -0.528. The van der Waals surface area contributed by atoms with Gasteiger partial charge < -0.3 is 10.1 Å². The van der Waals surface area contributed by atoms with Crippen LogP contribution < -0.4 is 10.1 Å². The normalized spacial score (nSPS) is 13.7. The van der Waals surface area contributed by atoms with Crippen molar-refractivity contribution in [1.82, 2.24) is 5.32 Å². The van der Waals surface area contributed by atoms with E-state index in [1.54, 1.807) is 7.05 Å². The molecular weight excluding hydrogens is 255 g/mol. The van der Waals surface area contributed by atoms with Crippen LogP contribution in [0.4, 0.5) is 4.39 Å². The molecule has 2 atom stereocenters. The van der Waals surface area contributed by atoms with Gasteiger partial charge in [-0.2, -0.15) is 5.26 Å². The van der Waals surface area contributed by atoms with Gasteiger partial charge in [-0.25, -0.2) is 4.39 Å². The molecule has 5 heteroatoms. The van der Waals surface area contributed by atoms with E-state index < -0.39 is 5.82 Å². The van der Waals surface area contributed by atoms with Crippen LogP contribution in [0.2, 0.25) is 0 Å². The van der Waals surface area contributed by atoms with E-state index in [4.69, 9.17) is 21.6 Å². The van der Waals surface area contributed by atoms with E-state index in [1.807, 2.05) is 13.0 Å². The van der Waals surface area contributed by atoms with Crippen molar-refractivity contribution in [2.75, 3.05) is 13.7 Å². The summed E-state index contributed by atoms with van der Waals surface area (Å²) in [5, 5.41) is 11.6. The maximum atomic E-state index is 13.5. The zero-order valence-electron chi connectivity index (χ0n) is 10.4. The maximum absolute atomic E-state index is 13.5. The Bertz CT molecular complexity index is 433. The number of alkyl halides is 1. The SMILES string of the molecule is CCC(COc1ccc(C#N)cc1F)C(Cl)NC. The highest BCUT2D eigenvalue weighted by atomic mass is 35.5. The molecule has 0 fully saturated rings. The van der Waals surface area contributed by atoms with Gasteiger partial charge in [0.1, 0.15) is 0 Å². The lowest BCUT2D eigenvalue weighted by Gasteiger charge is -2.20. The first kappa shape index (κ1) is 14.7. The van der Waals surface area contributed by atoms with Gasteiger partial charge in [0.25, 0.3) is 0 Å². The first-order valence-electron chi connectivity index (χ1n) is 5.76. The molecule has 0 heterocycles. The molecule has 3 nitrogen and oxygen atoms in total. The second-order valence-electron chi connectivity index (χ2n) is 3.93. The smallest absolute Gasteiger partial charge is 0.166 e. The second-order valence-corrected chi connectivity index (χ2v) is 4.40. The topological polar surface area (TPSA) is 45.0 Å². The van der Waals surface area contributed by atoms with E-state index in [0.29, 0.717) is 6.61 Å². The molecule has 0 aromatic heterocycles. The fourth-order valence-electron chi connectivity index (χ4n) is 1.53. The average Bonchev–Trinajstić information content (AvgIpc) is 2.40. The molecule has 0 saturated carbocycles.